The third-order valence-electron chi connectivity index (χ3n) is 3.74. The van der Waals surface area contributed by atoms with Crippen molar-refractivity contribution in [3.05, 3.63) is 17.5 Å². The van der Waals surface area contributed by atoms with Gasteiger partial charge < -0.3 is 19.3 Å². The summed E-state index contributed by atoms with van der Waals surface area (Å²) in [6.45, 7) is 8.48. The summed E-state index contributed by atoms with van der Waals surface area (Å²) < 4.78 is 10.2. The van der Waals surface area contributed by atoms with E-state index in [4.69, 9.17) is 14.4 Å². The Morgan fingerprint density at radius 2 is 2.14 bits per heavy atom. The number of hydrogen-bond donors (Lipinski definition) is 1. The lowest BCUT2D eigenvalue weighted by Crippen LogP contribution is -2.44. The number of rotatable bonds is 2. The minimum absolute atomic E-state index is 0.0384. The molecule has 0 aliphatic carbocycles. The summed E-state index contributed by atoms with van der Waals surface area (Å²) in [5.41, 5.74) is 0.0335. The molecule has 1 saturated heterocycles. The van der Waals surface area contributed by atoms with Crippen molar-refractivity contribution < 1.29 is 24.0 Å². The van der Waals surface area contributed by atoms with E-state index in [1.165, 1.54) is 0 Å². The number of carboxylic acids is 1. The monoisotopic (exact) mass is 310 g/mol. The molecule has 1 N–H and O–H groups in total. The molecule has 2 rings (SSSR count). The molecule has 1 fully saturated rings. The highest BCUT2D eigenvalue weighted by molar-refractivity contribution is 5.88. The summed E-state index contributed by atoms with van der Waals surface area (Å²) in [6, 6.07) is 0. The first-order valence-corrected chi connectivity index (χ1v) is 7.34. The van der Waals surface area contributed by atoms with Crippen LogP contribution in [0, 0.1) is 5.92 Å². The summed E-state index contributed by atoms with van der Waals surface area (Å²) in [5, 5.41) is 13.0. The molecule has 1 aromatic heterocycles. The second-order valence-electron chi connectivity index (χ2n) is 6.72. The Morgan fingerprint density at radius 3 is 2.68 bits per heavy atom. The van der Waals surface area contributed by atoms with Gasteiger partial charge in [0.05, 0.1) is 0 Å². The van der Waals surface area contributed by atoms with Crippen molar-refractivity contribution in [2.45, 2.75) is 45.6 Å². The minimum atomic E-state index is -1.04. The van der Waals surface area contributed by atoms with Crippen molar-refractivity contribution >= 4 is 12.1 Å². The van der Waals surface area contributed by atoms with Gasteiger partial charge in [0.25, 0.3) is 0 Å². The Labute approximate surface area is 129 Å². The highest BCUT2D eigenvalue weighted by Crippen LogP contribution is 2.34. The molecule has 1 aliphatic heterocycles. The van der Waals surface area contributed by atoms with Gasteiger partial charge in [-0.25, -0.2) is 9.59 Å². The highest BCUT2D eigenvalue weighted by atomic mass is 16.6. The number of carbonyl (C=O) groups excluding carboxylic acids is 1. The average Bonchev–Trinajstić information content (AvgIpc) is 2.85. The Balaban J connectivity index is 2.06. The lowest BCUT2D eigenvalue weighted by Gasteiger charge is -2.36. The Bertz CT molecular complexity index is 561. The molecule has 1 aromatic rings. The quantitative estimate of drug-likeness (QED) is 0.902. The van der Waals surface area contributed by atoms with Gasteiger partial charge in [-0.1, -0.05) is 12.1 Å². The van der Waals surface area contributed by atoms with Gasteiger partial charge in [-0.3, -0.25) is 0 Å². The molecule has 0 saturated carbocycles. The predicted octanol–water partition coefficient (Wildman–Crippen LogP) is 2.73. The van der Waals surface area contributed by atoms with E-state index in [-0.39, 0.29) is 23.5 Å². The normalized spacial score (nSPS) is 22.5. The Kier molecular flexibility index (Phi) is 4.44. The molecule has 7 nitrogen and oxygen atoms in total. The van der Waals surface area contributed by atoms with Crippen LogP contribution in [0.3, 0.4) is 0 Å². The van der Waals surface area contributed by atoms with E-state index in [0.717, 1.165) is 6.26 Å². The van der Waals surface area contributed by atoms with E-state index in [0.29, 0.717) is 25.2 Å². The first-order valence-electron chi connectivity index (χ1n) is 7.34. The molecule has 0 spiro atoms. The van der Waals surface area contributed by atoms with Crippen LogP contribution in [0.2, 0.25) is 0 Å². The number of aromatic nitrogens is 1. The van der Waals surface area contributed by atoms with Gasteiger partial charge in [0, 0.05) is 19.0 Å². The Hall–Kier alpha value is -2.05. The van der Waals surface area contributed by atoms with Crippen molar-refractivity contribution in [2.24, 2.45) is 5.92 Å². The lowest BCUT2D eigenvalue weighted by atomic mass is 9.83. The topological polar surface area (TPSA) is 92.9 Å². The second-order valence-corrected chi connectivity index (χ2v) is 6.72. The van der Waals surface area contributed by atoms with Crippen LogP contribution in [0.5, 0.6) is 0 Å². The highest BCUT2D eigenvalue weighted by Gasteiger charge is 2.35. The molecule has 122 valence electrons. The summed E-state index contributed by atoms with van der Waals surface area (Å²) in [4.78, 5) is 24.9. The van der Waals surface area contributed by atoms with Gasteiger partial charge in [0.15, 0.2) is 0 Å². The first kappa shape index (κ1) is 16.3. The summed E-state index contributed by atoms with van der Waals surface area (Å²) in [7, 11) is 0. The molecule has 7 heteroatoms. The molecule has 2 atom stereocenters. The van der Waals surface area contributed by atoms with Crippen molar-refractivity contribution in [1.82, 2.24) is 10.1 Å². The van der Waals surface area contributed by atoms with Crippen LogP contribution in [-0.4, -0.2) is 45.9 Å². The van der Waals surface area contributed by atoms with Crippen LogP contribution in [0.1, 0.15) is 56.1 Å². The number of carbonyl (C=O) groups is 2. The van der Waals surface area contributed by atoms with E-state index in [1.807, 2.05) is 27.7 Å². The predicted molar refractivity (Wildman–Crippen MR) is 77.8 cm³/mol. The van der Waals surface area contributed by atoms with Gasteiger partial charge in [-0.15, -0.1) is 0 Å². The molecule has 22 heavy (non-hydrogen) atoms. The molecule has 1 amide bonds. The number of ether oxygens (including phenoxy) is 1. The number of aromatic carboxylic acids is 1. The van der Waals surface area contributed by atoms with Crippen LogP contribution in [0.15, 0.2) is 10.8 Å². The van der Waals surface area contributed by atoms with Crippen molar-refractivity contribution in [3.63, 3.8) is 0 Å². The van der Waals surface area contributed by atoms with Crippen LogP contribution in [0.4, 0.5) is 4.79 Å². The number of likely N-dealkylation sites (tertiary alicyclic amines) is 1. The first-order chi connectivity index (χ1) is 10.2. The van der Waals surface area contributed by atoms with Gasteiger partial charge in [-0.05, 0) is 33.1 Å². The van der Waals surface area contributed by atoms with E-state index < -0.39 is 11.6 Å². The molecular formula is C15H22N2O5. The standard InChI is InChI=1S/C15H22N2O5/c1-9-7-17(14(20)22-15(2,3)4)6-5-10(9)12-11(13(18)19)8-21-16-12/h8-10H,5-7H2,1-4H3,(H,18,19). The number of nitrogens with zero attached hydrogens (tertiary/aromatic N) is 2. The lowest BCUT2D eigenvalue weighted by molar-refractivity contribution is 0.0151. The maximum atomic E-state index is 12.1. The molecule has 1 aliphatic rings. The van der Waals surface area contributed by atoms with Crippen molar-refractivity contribution in [2.75, 3.05) is 13.1 Å². The largest absolute Gasteiger partial charge is 0.478 e. The summed E-state index contributed by atoms with van der Waals surface area (Å²) in [5.74, 6) is -1.01. The van der Waals surface area contributed by atoms with Crippen LogP contribution < -0.4 is 0 Å². The third kappa shape index (κ3) is 3.58. The van der Waals surface area contributed by atoms with Gasteiger partial charge in [0.2, 0.25) is 0 Å². The summed E-state index contributed by atoms with van der Waals surface area (Å²) in [6.07, 6.45) is 1.45. The van der Waals surface area contributed by atoms with E-state index in [2.05, 4.69) is 5.16 Å². The Morgan fingerprint density at radius 1 is 1.45 bits per heavy atom. The van der Waals surface area contributed by atoms with Gasteiger partial charge >= 0.3 is 12.1 Å². The van der Waals surface area contributed by atoms with Crippen LogP contribution in [0.25, 0.3) is 0 Å². The molecule has 2 heterocycles. The van der Waals surface area contributed by atoms with E-state index in [1.54, 1.807) is 4.90 Å². The number of piperidine rings is 1. The smallest absolute Gasteiger partial charge is 0.410 e. The average molecular weight is 310 g/mol. The molecule has 0 aromatic carbocycles. The maximum absolute atomic E-state index is 12.1. The van der Waals surface area contributed by atoms with E-state index in [9.17, 15) is 9.59 Å². The zero-order valence-electron chi connectivity index (χ0n) is 13.3. The minimum Gasteiger partial charge on any atom is -0.478 e. The maximum Gasteiger partial charge on any atom is 0.410 e. The number of carboxylic acid groups (broad SMARTS) is 1. The zero-order valence-corrected chi connectivity index (χ0v) is 13.3. The fraction of sp³-hybridized carbons (Fsp3) is 0.667. The molecular weight excluding hydrogens is 288 g/mol. The van der Waals surface area contributed by atoms with Crippen molar-refractivity contribution in [3.8, 4) is 0 Å². The fourth-order valence-electron chi connectivity index (χ4n) is 2.72. The molecule has 0 radical (unpaired) electrons. The molecule has 0 bridgehead atoms. The van der Waals surface area contributed by atoms with Crippen molar-refractivity contribution in [1.29, 1.82) is 0 Å². The number of hydrogen-bond acceptors (Lipinski definition) is 5. The van der Waals surface area contributed by atoms with Gasteiger partial charge in [-0.2, -0.15) is 0 Å². The van der Waals surface area contributed by atoms with Crippen LogP contribution in [-0.2, 0) is 4.74 Å². The van der Waals surface area contributed by atoms with E-state index >= 15 is 0 Å². The zero-order chi connectivity index (χ0) is 16.5. The van der Waals surface area contributed by atoms with Gasteiger partial charge in [0.1, 0.15) is 23.1 Å². The number of amides is 1. The fourth-order valence-corrected chi connectivity index (χ4v) is 2.72. The SMILES string of the molecule is CC1CN(C(=O)OC(C)(C)C)CCC1c1nocc1C(=O)O. The van der Waals surface area contributed by atoms with Crippen LogP contribution >= 0.6 is 0 Å². The second kappa shape index (κ2) is 5.98. The molecule has 2 unspecified atom stereocenters. The third-order valence-corrected chi connectivity index (χ3v) is 3.74. The summed E-state index contributed by atoms with van der Waals surface area (Å²) >= 11 is 0.